The minimum Gasteiger partial charge on any atom is -0.467 e. The highest BCUT2D eigenvalue weighted by Crippen LogP contribution is 2.31. The highest BCUT2D eigenvalue weighted by atomic mass is 19.4. The summed E-state index contributed by atoms with van der Waals surface area (Å²) in [6, 6.07) is -0.195. The zero-order valence-electron chi connectivity index (χ0n) is 7.71. The average Bonchev–Trinajstić information content (AvgIpc) is 2.16. The lowest BCUT2D eigenvalue weighted by atomic mass is 10.2. The van der Waals surface area contributed by atoms with E-state index in [0.717, 1.165) is 0 Å². The van der Waals surface area contributed by atoms with Crippen molar-refractivity contribution in [1.82, 2.24) is 9.97 Å². The summed E-state index contributed by atoms with van der Waals surface area (Å²) in [5, 5.41) is 0. The van der Waals surface area contributed by atoms with Gasteiger partial charge in [0.2, 0.25) is 0 Å². The van der Waals surface area contributed by atoms with Gasteiger partial charge in [0.05, 0.1) is 18.4 Å². The molecule has 1 rings (SSSR count). The van der Waals surface area contributed by atoms with Gasteiger partial charge < -0.3 is 9.53 Å². The third-order valence-electron chi connectivity index (χ3n) is 1.61. The second-order valence-corrected chi connectivity index (χ2v) is 2.59. The number of alkyl halides is 3. The molecule has 0 aliphatic carbocycles. The molecule has 7 heteroatoms. The van der Waals surface area contributed by atoms with Gasteiger partial charge in [0.15, 0.2) is 0 Å². The Hall–Kier alpha value is -1.66. The Balaban J connectivity index is 3.20. The molecule has 0 amide bonds. The molecule has 0 aromatic carbocycles. The number of nitrogens with zero attached hydrogens (tertiary/aromatic N) is 2. The molecule has 0 spiro atoms. The minimum atomic E-state index is -4.56. The van der Waals surface area contributed by atoms with E-state index in [1.165, 1.54) is 7.11 Å². The summed E-state index contributed by atoms with van der Waals surface area (Å²) >= 11 is 0. The number of aldehydes is 1. The lowest BCUT2D eigenvalue weighted by Gasteiger charge is -2.10. The van der Waals surface area contributed by atoms with Gasteiger partial charge >= 0.3 is 12.2 Å². The number of halogens is 3. The van der Waals surface area contributed by atoms with Crippen LogP contribution in [0.5, 0.6) is 6.01 Å². The van der Waals surface area contributed by atoms with Crippen LogP contribution >= 0.6 is 0 Å². The molecule has 0 aliphatic heterocycles. The number of hydrogen-bond acceptors (Lipinski definition) is 4. The summed E-state index contributed by atoms with van der Waals surface area (Å²) in [5.41, 5.74) is -1.40. The Bertz CT molecular complexity index is 365. The summed E-state index contributed by atoms with van der Waals surface area (Å²) in [7, 11) is 1.23. The molecular formula is C8H7F3N2O2. The van der Waals surface area contributed by atoms with Gasteiger partial charge in [0.25, 0.3) is 0 Å². The first kappa shape index (κ1) is 11.4. The molecule has 0 saturated heterocycles. The van der Waals surface area contributed by atoms with Crippen molar-refractivity contribution in [3.05, 3.63) is 17.5 Å². The standard InChI is InChI=1S/C8H7F3N2O2/c1-15-7-12-4-5(8(9,10)11)6(13-7)2-3-14/h3-4H,2H2,1H3. The van der Waals surface area contributed by atoms with Gasteiger partial charge in [0, 0.05) is 12.6 Å². The largest absolute Gasteiger partial charge is 0.467 e. The Kier molecular flexibility index (Phi) is 3.23. The zero-order valence-corrected chi connectivity index (χ0v) is 7.71. The molecule has 0 unspecified atom stereocenters. The van der Waals surface area contributed by atoms with Crippen LogP contribution in [-0.4, -0.2) is 23.4 Å². The van der Waals surface area contributed by atoms with Crippen molar-refractivity contribution in [2.75, 3.05) is 7.11 Å². The average molecular weight is 220 g/mol. The Morgan fingerprint density at radius 1 is 1.53 bits per heavy atom. The molecule has 0 bridgehead atoms. The van der Waals surface area contributed by atoms with Crippen molar-refractivity contribution in [2.45, 2.75) is 12.6 Å². The zero-order chi connectivity index (χ0) is 11.5. The maximum Gasteiger partial charge on any atom is 0.419 e. The molecule has 1 aromatic heterocycles. The third kappa shape index (κ3) is 2.64. The fourth-order valence-corrected chi connectivity index (χ4v) is 0.969. The van der Waals surface area contributed by atoms with E-state index < -0.39 is 18.2 Å². The first-order valence-corrected chi connectivity index (χ1v) is 3.89. The van der Waals surface area contributed by atoms with Gasteiger partial charge in [-0.2, -0.15) is 18.2 Å². The van der Waals surface area contributed by atoms with E-state index in [2.05, 4.69) is 14.7 Å². The third-order valence-corrected chi connectivity index (χ3v) is 1.61. The summed E-state index contributed by atoms with van der Waals surface area (Å²) in [6.07, 6.45) is -4.04. The van der Waals surface area contributed by atoms with Gasteiger partial charge in [-0.25, -0.2) is 4.98 Å². The Labute approximate surface area is 83.1 Å². The van der Waals surface area contributed by atoms with Gasteiger partial charge in [-0.3, -0.25) is 0 Å². The first-order valence-electron chi connectivity index (χ1n) is 3.89. The lowest BCUT2D eigenvalue weighted by molar-refractivity contribution is -0.138. The number of ether oxygens (including phenoxy) is 1. The Morgan fingerprint density at radius 3 is 2.67 bits per heavy atom. The van der Waals surface area contributed by atoms with Crippen LogP contribution < -0.4 is 4.74 Å². The van der Waals surface area contributed by atoms with Crippen molar-refractivity contribution in [1.29, 1.82) is 0 Å². The highest BCUT2D eigenvalue weighted by molar-refractivity contribution is 5.54. The van der Waals surface area contributed by atoms with Crippen LogP contribution in [0.25, 0.3) is 0 Å². The molecule has 0 saturated carbocycles. The van der Waals surface area contributed by atoms with E-state index in [9.17, 15) is 18.0 Å². The van der Waals surface area contributed by atoms with E-state index in [0.29, 0.717) is 12.5 Å². The molecule has 15 heavy (non-hydrogen) atoms. The van der Waals surface area contributed by atoms with E-state index in [-0.39, 0.29) is 11.7 Å². The molecule has 82 valence electrons. The fraction of sp³-hybridized carbons (Fsp3) is 0.375. The van der Waals surface area contributed by atoms with Crippen LogP contribution in [0.15, 0.2) is 6.20 Å². The number of carbonyl (C=O) groups excluding carboxylic acids is 1. The van der Waals surface area contributed by atoms with E-state index >= 15 is 0 Å². The number of carbonyl (C=O) groups is 1. The summed E-state index contributed by atoms with van der Waals surface area (Å²) in [5.74, 6) is 0. The number of methoxy groups -OCH3 is 1. The molecule has 4 nitrogen and oxygen atoms in total. The summed E-state index contributed by atoms with van der Waals surface area (Å²) in [6.45, 7) is 0. The topological polar surface area (TPSA) is 52.1 Å². The maximum atomic E-state index is 12.4. The molecule has 0 atom stereocenters. The first-order chi connectivity index (χ1) is 6.99. The van der Waals surface area contributed by atoms with Crippen molar-refractivity contribution >= 4 is 6.29 Å². The predicted molar refractivity (Wildman–Crippen MR) is 43.4 cm³/mol. The molecule has 0 aliphatic rings. The second-order valence-electron chi connectivity index (χ2n) is 2.59. The molecule has 0 radical (unpaired) electrons. The molecular weight excluding hydrogens is 213 g/mol. The van der Waals surface area contributed by atoms with Crippen LogP contribution in [0.3, 0.4) is 0 Å². The Morgan fingerprint density at radius 2 is 2.20 bits per heavy atom. The van der Waals surface area contributed by atoms with Crippen molar-refractivity contribution in [3.63, 3.8) is 0 Å². The second kappa shape index (κ2) is 4.24. The molecule has 0 N–H and O–H groups in total. The van der Waals surface area contributed by atoms with E-state index in [1.54, 1.807) is 0 Å². The van der Waals surface area contributed by atoms with Crippen LogP contribution in [0.2, 0.25) is 0 Å². The van der Waals surface area contributed by atoms with Crippen LogP contribution in [0.4, 0.5) is 13.2 Å². The van der Waals surface area contributed by atoms with Crippen molar-refractivity contribution < 1.29 is 22.7 Å². The summed E-state index contributed by atoms with van der Waals surface area (Å²) < 4.78 is 41.7. The lowest BCUT2D eigenvalue weighted by Crippen LogP contribution is -2.12. The van der Waals surface area contributed by atoms with Gasteiger partial charge in [-0.15, -0.1) is 0 Å². The predicted octanol–water partition coefficient (Wildman–Crippen LogP) is 1.25. The number of rotatable bonds is 3. The maximum absolute atomic E-state index is 12.4. The normalized spacial score (nSPS) is 11.2. The number of aromatic nitrogens is 2. The van der Waals surface area contributed by atoms with Crippen LogP contribution in [0.1, 0.15) is 11.3 Å². The van der Waals surface area contributed by atoms with Crippen LogP contribution in [-0.2, 0) is 17.4 Å². The minimum absolute atomic E-state index is 0.195. The van der Waals surface area contributed by atoms with E-state index in [1.807, 2.05) is 0 Å². The van der Waals surface area contributed by atoms with E-state index in [4.69, 9.17) is 0 Å². The van der Waals surface area contributed by atoms with Gasteiger partial charge in [-0.1, -0.05) is 0 Å². The molecule has 1 aromatic rings. The smallest absolute Gasteiger partial charge is 0.419 e. The van der Waals surface area contributed by atoms with Crippen molar-refractivity contribution in [3.8, 4) is 6.01 Å². The van der Waals surface area contributed by atoms with Gasteiger partial charge in [-0.05, 0) is 0 Å². The summed E-state index contributed by atoms with van der Waals surface area (Å²) in [4.78, 5) is 17.0. The SMILES string of the molecule is COc1ncc(C(F)(F)F)c(CC=O)n1. The monoisotopic (exact) mass is 220 g/mol. The fourth-order valence-electron chi connectivity index (χ4n) is 0.969. The molecule has 0 fully saturated rings. The highest BCUT2D eigenvalue weighted by Gasteiger charge is 2.34. The molecule has 1 heterocycles. The quantitative estimate of drug-likeness (QED) is 0.719. The number of hydrogen-bond donors (Lipinski definition) is 0. The van der Waals surface area contributed by atoms with Crippen LogP contribution in [0, 0.1) is 0 Å². The van der Waals surface area contributed by atoms with Crippen molar-refractivity contribution in [2.24, 2.45) is 0 Å². The van der Waals surface area contributed by atoms with Gasteiger partial charge in [0.1, 0.15) is 6.29 Å².